The lowest BCUT2D eigenvalue weighted by molar-refractivity contribution is 0.0999. The van der Waals surface area contributed by atoms with Crippen LogP contribution in [0.1, 0.15) is 29.2 Å². The van der Waals surface area contributed by atoms with Gasteiger partial charge in [0.05, 0.1) is 18.9 Å². The maximum Gasteiger partial charge on any atom is 0.248 e. The van der Waals surface area contributed by atoms with E-state index in [1.807, 2.05) is 6.20 Å². The number of amides is 1. The minimum absolute atomic E-state index is 0. The lowest BCUT2D eigenvalue weighted by atomic mass is 10.1. The first kappa shape index (κ1) is 25.1. The molecule has 1 amide bonds. The Bertz CT molecular complexity index is 1170. The number of rotatable bonds is 10. The van der Waals surface area contributed by atoms with Crippen LogP contribution < -0.4 is 19.9 Å². The normalized spacial score (nSPS) is 12.7. The minimum Gasteiger partial charge on any atom is -0.483 e. The molecule has 0 aliphatic carbocycles. The first-order chi connectivity index (χ1) is 16.4. The first-order valence-electron chi connectivity index (χ1n) is 10.2. The number of nitrogens with zero attached hydrogens (tertiary/aromatic N) is 9. The molecule has 3 aromatic rings. The van der Waals surface area contributed by atoms with Crippen LogP contribution in [0.2, 0.25) is 0 Å². The molecule has 0 saturated heterocycles. The zero-order valence-corrected chi connectivity index (χ0v) is 19.0. The smallest absolute Gasteiger partial charge is 0.248 e. The van der Waals surface area contributed by atoms with Crippen molar-refractivity contribution in [3.05, 3.63) is 53.3 Å². The van der Waals surface area contributed by atoms with Crippen LogP contribution in [-0.2, 0) is 27.3 Å². The van der Waals surface area contributed by atoms with Gasteiger partial charge in [-0.05, 0) is 12.1 Å². The third kappa shape index (κ3) is 6.52. The number of hydrogen-bond acceptors (Lipinski definition) is 11. The number of primary amides is 1. The number of hydrogen-bond donors (Lipinski definition) is 1. The van der Waals surface area contributed by atoms with Crippen LogP contribution >= 0.6 is 0 Å². The van der Waals surface area contributed by atoms with E-state index in [1.54, 1.807) is 47.9 Å². The predicted octanol–water partition coefficient (Wildman–Crippen LogP) is 1.41. The van der Waals surface area contributed by atoms with Crippen molar-refractivity contribution < 1.29 is 19.0 Å². The van der Waals surface area contributed by atoms with Crippen molar-refractivity contribution in [2.24, 2.45) is 30.2 Å². The van der Waals surface area contributed by atoms with E-state index in [1.165, 1.54) is 12.1 Å². The number of nitrogens with two attached hydrogens (primary N) is 1. The van der Waals surface area contributed by atoms with E-state index in [-0.39, 0.29) is 44.3 Å². The number of carbonyl (C=O) groups excluding carboxylic acids is 1. The molecule has 0 atom stereocenters. The van der Waals surface area contributed by atoms with Gasteiger partial charge in [0.15, 0.2) is 11.5 Å². The Morgan fingerprint density at radius 2 is 1.51 bits per heavy atom. The van der Waals surface area contributed by atoms with E-state index in [4.69, 9.17) is 19.9 Å². The maximum atomic E-state index is 12.0. The molecule has 3 heterocycles. The highest BCUT2D eigenvalue weighted by Crippen LogP contribution is 2.40. The molecule has 35 heavy (non-hydrogen) atoms. The molecule has 4 rings (SSSR count). The highest BCUT2D eigenvalue weighted by molar-refractivity contribution is 5.94. The molecule has 2 aromatic heterocycles. The van der Waals surface area contributed by atoms with Crippen molar-refractivity contribution in [2.45, 2.75) is 20.6 Å². The van der Waals surface area contributed by atoms with E-state index in [2.05, 4.69) is 31.0 Å². The Balaban J connectivity index is 0.00000342. The fourth-order valence-electron chi connectivity index (χ4n) is 3.10. The van der Waals surface area contributed by atoms with Crippen LogP contribution in [0.15, 0.2) is 46.6 Å². The number of aryl methyl sites for hydroxylation is 2. The number of carbonyl (C=O) groups is 1. The molecular weight excluding hydrogens is 456 g/mol. The van der Waals surface area contributed by atoms with Gasteiger partial charge in [-0.3, -0.25) is 19.2 Å². The SMILES string of the molecule is C.CN1C=C(COc2c(OCc3cn(C)nn3)cc(C(N)=O)cc2OCc2cn(C)nn2)CN=N1. The molecule has 1 aliphatic heterocycles. The van der Waals surface area contributed by atoms with Crippen molar-refractivity contribution in [3.8, 4) is 17.2 Å². The molecular formula is C21H28N10O4. The van der Waals surface area contributed by atoms with Gasteiger partial charge >= 0.3 is 0 Å². The monoisotopic (exact) mass is 484 g/mol. The second-order valence-electron chi connectivity index (χ2n) is 7.55. The molecule has 0 bridgehead atoms. The third-order valence-electron chi connectivity index (χ3n) is 4.61. The molecule has 0 saturated carbocycles. The third-order valence-corrected chi connectivity index (χ3v) is 4.61. The summed E-state index contributed by atoms with van der Waals surface area (Å²) in [4.78, 5) is 12.0. The summed E-state index contributed by atoms with van der Waals surface area (Å²) < 4.78 is 21.1. The quantitative estimate of drug-likeness (QED) is 0.448. The minimum atomic E-state index is -0.641. The van der Waals surface area contributed by atoms with Gasteiger partial charge in [-0.15, -0.1) is 10.2 Å². The maximum absolute atomic E-state index is 12.0. The molecule has 1 aromatic carbocycles. The van der Waals surface area contributed by atoms with E-state index in [9.17, 15) is 4.79 Å². The van der Waals surface area contributed by atoms with Crippen molar-refractivity contribution in [1.29, 1.82) is 0 Å². The van der Waals surface area contributed by atoms with Gasteiger partial charge in [0.2, 0.25) is 11.7 Å². The van der Waals surface area contributed by atoms with Crippen molar-refractivity contribution in [3.63, 3.8) is 0 Å². The highest BCUT2D eigenvalue weighted by Gasteiger charge is 2.20. The van der Waals surface area contributed by atoms with Crippen LogP contribution in [0.25, 0.3) is 0 Å². The van der Waals surface area contributed by atoms with Gasteiger partial charge < -0.3 is 19.9 Å². The average Bonchev–Trinajstić information content (AvgIpc) is 3.42. The topological polar surface area (TPSA) is 160 Å². The Hall–Kier alpha value is -4.49. The Kier molecular flexibility index (Phi) is 7.96. The van der Waals surface area contributed by atoms with Gasteiger partial charge in [-0.2, -0.15) is 5.11 Å². The highest BCUT2D eigenvalue weighted by atomic mass is 16.5. The van der Waals surface area contributed by atoms with Gasteiger partial charge in [-0.25, -0.2) is 0 Å². The van der Waals surface area contributed by atoms with Crippen molar-refractivity contribution >= 4 is 5.91 Å². The Morgan fingerprint density at radius 1 is 0.943 bits per heavy atom. The van der Waals surface area contributed by atoms with Gasteiger partial charge in [0, 0.05) is 38.5 Å². The predicted molar refractivity (Wildman–Crippen MR) is 123 cm³/mol. The van der Waals surface area contributed by atoms with Crippen LogP contribution in [0.3, 0.4) is 0 Å². The summed E-state index contributed by atoms with van der Waals surface area (Å²) in [6.07, 6.45) is 5.26. The molecule has 0 fully saturated rings. The van der Waals surface area contributed by atoms with Gasteiger partial charge in [0.1, 0.15) is 31.2 Å². The number of aromatic nitrogens is 6. The number of benzene rings is 1. The second-order valence-corrected chi connectivity index (χ2v) is 7.55. The lowest BCUT2D eigenvalue weighted by Crippen LogP contribution is -2.15. The summed E-state index contributed by atoms with van der Waals surface area (Å²) in [5, 5.41) is 25.4. The summed E-state index contributed by atoms with van der Waals surface area (Å²) >= 11 is 0. The molecule has 186 valence electrons. The Morgan fingerprint density at radius 3 is 1.97 bits per heavy atom. The second kappa shape index (κ2) is 11.1. The summed E-state index contributed by atoms with van der Waals surface area (Å²) in [5.41, 5.74) is 7.82. The summed E-state index contributed by atoms with van der Waals surface area (Å²) in [6.45, 7) is 0.781. The fourth-order valence-corrected chi connectivity index (χ4v) is 3.10. The van der Waals surface area contributed by atoms with Crippen LogP contribution in [0, 0.1) is 0 Å². The summed E-state index contributed by atoms with van der Waals surface area (Å²) in [5.74, 6) is 0.186. The molecule has 0 unspecified atom stereocenters. The lowest BCUT2D eigenvalue weighted by Gasteiger charge is -2.19. The zero-order valence-electron chi connectivity index (χ0n) is 19.0. The van der Waals surface area contributed by atoms with E-state index >= 15 is 0 Å². The van der Waals surface area contributed by atoms with Crippen molar-refractivity contribution in [1.82, 2.24) is 35.0 Å². The van der Waals surface area contributed by atoms with Gasteiger partial charge in [-0.1, -0.05) is 23.1 Å². The van der Waals surface area contributed by atoms with E-state index in [0.29, 0.717) is 23.7 Å². The molecule has 2 N–H and O–H groups in total. The average molecular weight is 485 g/mol. The molecule has 14 nitrogen and oxygen atoms in total. The first-order valence-corrected chi connectivity index (χ1v) is 10.2. The molecule has 0 spiro atoms. The van der Waals surface area contributed by atoms with Crippen LogP contribution in [-0.4, -0.2) is 61.1 Å². The summed E-state index contributed by atoms with van der Waals surface area (Å²) in [6, 6.07) is 3.01. The van der Waals surface area contributed by atoms with Crippen molar-refractivity contribution in [2.75, 3.05) is 20.2 Å². The standard InChI is InChI=1S/C20H24N10O4.CH4/c1-28-7-13(6-22-25-28)10-34-19-17(32-11-15-8-29(2)26-23-15)4-14(20(21)31)5-18(19)33-12-16-9-30(3)27-24-16;/h4-5,7-9H,6,10-12H2,1-3H3,(H2,21,31);1H4. The van der Waals surface area contributed by atoms with E-state index < -0.39 is 5.91 Å². The zero-order chi connectivity index (χ0) is 24.1. The van der Waals surface area contributed by atoms with Crippen LogP contribution in [0.5, 0.6) is 17.2 Å². The molecule has 14 heteroatoms. The largest absolute Gasteiger partial charge is 0.483 e. The Labute approximate surface area is 201 Å². The van der Waals surface area contributed by atoms with Gasteiger partial charge in [0.25, 0.3) is 0 Å². The van der Waals surface area contributed by atoms with E-state index in [0.717, 1.165) is 5.57 Å². The van der Waals surface area contributed by atoms with Crippen LogP contribution in [0.4, 0.5) is 0 Å². The number of ether oxygens (including phenoxy) is 3. The summed E-state index contributed by atoms with van der Waals surface area (Å²) in [7, 11) is 5.28. The fraction of sp³-hybridized carbons (Fsp3) is 0.381. The molecule has 0 radical (unpaired) electrons. The molecule has 1 aliphatic rings.